The third-order valence-electron chi connectivity index (χ3n) is 4.48. The molecule has 3 aromatic rings. The van der Waals surface area contributed by atoms with Crippen LogP contribution in [-0.4, -0.2) is 43.4 Å². The fourth-order valence-corrected chi connectivity index (χ4v) is 4.77. The van der Waals surface area contributed by atoms with Crippen LogP contribution in [0.25, 0.3) is 10.8 Å². The summed E-state index contributed by atoms with van der Waals surface area (Å²) in [5, 5.41) is 30.9. The van der Waals surface area contributed by atoms with Crippen LogP contribution in [0.5, 0.6) is 11.5 Å². The number of aromatic hydroxyl groups is 1. The maximum atomic E-state index is 11.8. The number of methoxy groups -OCH3 is 1. The van der Waals surface area contributed by atoms with Crippen molar-refractivity contribution >= 4 is 54.4 Å². The van der Waals surface area contributed by atoms with Crippen molar-refractivity contribution in [2.75, 3.05) is 7.11 Å². The van der Waals surface area contributed by atoms with Gasteiger partial charge in [0.05, 0.1) is 28.9 Å². The molecule has 0 fully saturated rings. The van der Waals surface area contributed by atoms with Crippen LogP contribution < -0.4 is 4.74 Å². The number of phenols is 1. The molecule has 182 valence electrons. The molecule has 0 atom stereocenters. The van der Waals surface area contributed by atoms with E-state index in [0.29, 0.717) is 12.0 Å². The summed E-state index contributed by atoms with van der Waals surface area (Å²) in [6.07, 6.45) is 0. The van der Waals surface area contributed by atoms with Gasteiger partial charge in [0.25, 0.3) is 20.2 Å². The van der Waals surface area contributed by atoms with Crippen LogP contribution in [0.1, 0.15) is 5.56 Å². The molecular formula is C18H16N2O11S3. The lowest BCUT2D eigenvalue weighted by Gasteiger charge is -2.12. The molecule has 0 heterocycles. The molecule has 4 N–H and O–H groups in total. The molecule has 3 rings (SSSR count). The number of benzene rings is 3. The van der Waals surface area contributed by atoms with Crippen molar-refractivity contribution in [3.05, 3.63) is 42.0 Å². The summed E-state index contributed by atoms with van der Waals surface area (Å²) in [5.74, 6) is -0.387. The van der Waals surface area contributed by atoms with Crippen LogP contribution >= 0.6 is 12.0 Å². The second-order valence-corrected chi connectivity index (χ2v) is 10.2. The van der Waals surface area contributed by atoms with E-state index in [-0.39, 0.29) is 38.4 Å². The Bertz CT molecular complexity index is 1500. The molecule has 16 heteroatoms. The van der Waals surface area contributed by atoms with Crippen LogP contribution in [0.4, 0.5) is 11.4 Å². The molecule has 13 nitrogen and oxygen atoms in total. The van der Waals surface area contributed by atoms with Gasteiger partial charge in [-0.3, -0.25) is 9.11 Å². The zero-order chi connectivity index (χ0) is 25.3. The van der Waals surface area contributed by atoms with Crippen LogP contribution in [0, 0.1) is 6.92 Å². The standard InChI is InChI=1S/C18H16N2O11S3/c1-9-5-12(33(23,24)25)6-10-7-14(32-31-30-22)17(18(21)16(9)10)20-19-13-4-3-11(29-2)8-15(13)34(26,27)28/h3-8,21-22H,1-2H3,(H,23,24,25)(H,26,27,28). The number of nitrogens with zero attached hydrogens (tertiary/aromatic N) is 2. The van der Waals surface area contributed by atoms with E-state index in [4.69, 9.17) is 9.99 Å². The highest BCUT2D eigenvalue weighted by atomic mass is 32.2. The maximum Gasteiger partial charge on any atom is 0.296 e. The first-order chi connectivity index (χ1) is 15.9. The average molecular weight is 533 g/mol. The first kappa shape index (κ1) is 25.8. The Morgan fingerprint density at radius 2 is 1.68 bits per heavy atom. The first-order valence-corrected chi connectivity index (χ1v) is 12.5. The smallest absolute Gasteiger partial charge is 0.296 e. The number of ether oxygens (including phenoxy) is 1. The summed E-state index contributed by atoms with van der Waals surface area (Å²) in [7, 11) is -7.99. The van der Waals surface area contributed by atoms with Gasteiger partial charge in [0.15, 0.2) is 5.75 Å². The molecule has 0 saturated carbocycles. The minimum atomic E-state index is -4.72. The summed E-state index contributed by atoms with van der Waals surface area (Å²) in [6, 6.07) is 7.09. The van der Waals surface area contributed by atoms with E-state index in [1.807, 2.05) is 0 Å². The molecule has 0 aromatic heterocycles. The van der Waals surface area contributed by atoms with Crippen molar-refractivity contribution in [2.24, 2.45) is 10.2 Å². The van der Waals surface area contributed by atoms with E-state index in [2.05, 4.69) is 19.6 Å². The summed E-state index contributed by atoms with van der Waals surface area (Å²) in [4.78, 5) is -1.09. The van der Waals surface area contributed by atoms with Crippen molar-refractivity contribution < 1.29 is 50.4 Å². The summed E-state index contributed by atoms with van der Waals surface area (Å²) in [5.41, 5.74) is -0.316. The number of hydrogen-bond donors (Lipinski definition) is 4. The fraction of sp³-hybridized carbons (Fsp3) is 0.111. The summed E-state index contributed by atoms with van der Waals surface area (Å²) < 4.78 is 74.8. The van der Waals surface area contributed by atoms with Gasteiger partial charge in [-0.2, -0.15) is 16.8 Å². The van der Waals surface area contributed by atoms with Crippen LogP contribution in [0.2, 0.25) is 0 Å². The summed E-state index contributed by atoms with van der Waals surface area (Å²) in [6.45, 7) is 1.47. The molecule has 0 radical (unpaired) electrons. The number of aryl methyl sites for hydroxylation is 1. The fourth-order valence-electron chi connectivity index (χ4n) is 3.04. The highest BCUT2D eigenvalue weighted by Crippen LogP contribution is 2.46. The van der Waals surface area contributed by atoms with Gasteiger partial charge in [0, 0.05) is 11.5 Å². The van der Waals surface area contributed by atoms with Gasteiger partial charge in [-0.25, -0.2) is 5.26 Å². The lowest BCUT2D eigenvalue weighted by molar-refractivity contribution is -0.432. The molecule has 34 heavy (non-hydrogen) atoms. The largest absolute Gasteiger partial charge is 0.505 e. The lowest BCUT2D eigenvalue weighted by atomic mass is 10.0. The zero-order valence-corrected chi connectivity index (χ0v) is 19.7. The molecule has 0 amide bonds. The quantitative estimate of drug-likeness (QED) is 0.106. The Kier molecular flexibility index (Phi) is 7.44. The molecule has 0 aliphatic heterocycles. The Balaban J connectivity index is 2.25. The van der Waals surface area contributed by atoms with Gasteiger partial charge in [-0.1, -0.05) is 5.04 Å². The van der Waals surface area contributed by atoms with E-state index in [9.17, 15) is 31.0 Å². The van der Waals surface area contributed by atoms with Crippen molar-refractivity contribution in [3.8, 4) is 11.5 Å². The van der Waals surface area contributed by atoms with Gasteiger partial charge < -0.3 is 9.84 Å². The monoisotopic (exact) mass is 532 g/mol. The number of azo groups is 1. The minimum absolute atomic E-state index is 0.0448. The first-order valence-electron chi connectivity index (χ1n) is 8.86. The van der Waals surface area contributed by atoms with Gasteiger partial charge in [0.2, 0.25) is 0 Å². The van der Waals surface area contributed by atoms with Crippen molar-refractivity contribution in [2.45, 2.75) is 21.6 Å². The average Bonchev–Trinajstić information content (AvgIpc) is 2.75. The van der Waals surface area contributed by atoms with Crippen molar-refractivity contribution in [3.63, 3.8) is 0 Å². The Morgan fingerprint density at radius 1 is 0.971 bits per heavy atom. The Labute approximate surface area is 197 Å². The van der Waals surface area contributed by atoms with Crippen LogP contribution in [0.3, 0.4) is 0 Å². The summed E-state index contributed by atoms with van der Waals surface area (Å²) >= 11 is 0.361. The number of rotatable bonds is 8. The lowest BCUT2D eigenvalue weighted by Crippen LogP contribution is -1.99. The molecule has 0 unspecified atom stereocenters. The SMILES string of the molecule is COc1ccc(N=Nc2c(SOOO)cc3cc(S(=O)(=O)O)cc(C)c3c2O)c(S(=O)(=O)O)c1. The predicted molar refractivity (Wildman–Crippen MR) is 118 cm³/mol. The third kappa shape index (κ3) is 5.45. The number of hydrogen-bond acceptors (Lipinski definition) is 12. The second kappa shape index (κ2) is 9.80. The van der Waals surface area contributed by atoms with Gasteiger partial charge in [0.1, 0.15) is 22.0 Å². The molecule has 0 spiro atoms. The third-order valence-corrected chi connectivity index (χ3v) is 6.81. The van der Waals surface area contributed by atoms with Gasteiger partial charge in [-0.05, 0) is 48.2 Å². The van der Waals surface area contributed by atoms with E-state index >= 15 is 0 Å². The van der Waals surface area contributed by atoms with Crippen molar-refractivity contribution in [1.82, 2.24) is 0 Å². The number of phenolic OH excluding ortho intramolecular Hbond substituents is 1. The topological polar surface area (TPSA) is 202 Å². The molecule has 0 aliphatic rings. The van der Waals surface area contributed by atoms with E-state index in [1.165, 1.54) is 32.2 Å². The molecule has 0 bridgehead atoms. The van der Waals surface area contributed by atoms with E-state index < -0.39 is 35.8 Å². The second-order valence-electron chi connectivity index (χ2n) is 6.62. The zero-order valence-electron chi connectivity index (χ0n) is 17.2. The predicted octanol–water partition coefficient (Wildman–Crippen LogP) is 4.20. The maximum absolute atomic E-state index is 11.8. The minimum Gasteiger partial charge on any atom is -0.505 e. The molecule has 0 aliphatic carbocycles. The Morgan fingerprint density at radius 3 is 2.26 bits per heavy atom. The molecule has 3 aromatic carbocycles. The van der Waals surface area contributed by atoms with Crippen LogP contribution in [0.15, 0.2) is 61.3 Å². The number of fused-ring (bicyclic) bond motifs is 1. The van der Waals surface area contributed by atoms with Gasteiger partial charge in [-0.15, -0.1) is 14.6 Å². The normalized spacial score (nSPS) is 12.5. The highest BCUT2D eigenvalue weighted by Gasteiger charge is 2.21. The van der Waals surface area contributed by atoms with Crippen molar-refractivity contribution in [1.29, 1.82) is 0 Å². The van der Waals surface area contributed by atoms with E-state index in [1.54, 1.807) is 0 Å². The van der Waals surface area contributed by atoms with Crippen LogP contribution in [-0.2, 0) is 29.6 Å². The van der Waals surface area contributed by atoms with Gasteiger partial charge >= 0.3 is 0 Å². The molecule has 0 saturated heterocycles. The Hall–Kier alpha value is -2.83. The van der Waals surface area contributed by atoms with E-state index in [0.717, 1.165) is 18.2 Å². The highest BCUT2D eigenvalue weighted by molar-refractivity contribution is 7.94. The molecular weight excluding hydrogens is 516 g/mol.